The van der Waals surface area contributed by atoms with Crippen LogP contribution in [0.3, 0.4) is 0 Å². The number of nitrogens with zero attached hydrogens (tertiary/aromatic N) is 1. The van der Waals surface area contributed by atoms with Gasteiger partial charge in [0.15, 0.2) is 0 Å². The van der Waals surface area contributed by atoms with Crippen LogP contribution in [-0.2, 0) is 11.2 Å². The number of urea groups is 1. The molecule has 0 spiro atoms. The Morgan fingerprint density at radius 1 is 1.32 bits per heavy atom. The van der Waals surface area contributed by atoms with E-state index in [2.05, 4.69) is 30.4 Å². The Labute approximate surface area is 150 Å². The number of hydrogen-bond donors (Lipinski definition) is 2. The van der Waals surface area contributed by atoms with E-state index >= 15 is 0 Å². The number of nitrogens with one attached hydrogen (secondary N) is 1. The van der Waals surface area contributed by atoms with E-state index in [-0.39, 0.29) is 24.7 Å². The minimum Gasteiger partial charge on any atom is -0.396 e. The minimum absolute atomic E-state index is 0.00542. The van der Waals surface area contributed by atoms with Gasteiger partial charge in [0.1, 0.15) is 0 Å². The first-order chi connectivity index (χ1) is 12.2. The van der Waals surface area contributed by atoms with Crippen LogP contribution in [0.2, 0.25) is 0 Å². The molecule has 1 aliphatic carbocycles. The summed E-state index contributed by atoms with van der Waals surface area (Å²) in [6.07, 6.45) is 4.59. The van der Waals surface area contributed by atoms with E-state index < -0.39 is 0 Å². The molecule has 1 heterocycles. The highest BCUT2D eigenvalue weighted by Gasteiger charge is 2.32. The number of benzene rings is 1. The number of hydrogen-bond acceptors (Lipinski definition) is 3. The molecular formula is C20H30N2O3. The van der Waals surface area contributed by atoms with Crippen molar-refractivity contribution < 1.29 is 14.6 Å². The first-order valence-corrected chi connectivity index (χ1v) is 9.54. The summed E-state index contributed by atoms with van der Waals surface area (Å²) in [4.78, 5) is 14.9. The third kappa shape index (κ3) is 4.33. The van der Waals surface area contributed by atoms with Crippen LogP contribution in [0.4, 0.5) is 4.79 Å². The van der Waals surface area contributed by atoms with Gasteiger partial charge < -0.3 is 20.1 Å². The lowest BCUT2D eigenvalue weighted by Crippen LogP contribution is -2.48. The molecule has 1 aromatic rings. The summed E-state index contributed by atoms with van der Waals surface area (Å²) in [5, 5.41) is 12.5. The highest BCUT2D eigenvalue weighted by molar-refractivity contribution is 5.75. The van der Waals surface area contributed by atoms with E-state index in [9.17, 15) is 9.90 Å². The first-order valence-electron chi connectivity index (χ1n) is 9.54. The average Bonchev–Trinajstić information content (AvgIpc) is 3.07. The normalized spacial score (nSPS) is 21.6. The van der Waals surface area contributed by atoms with Crippen LogP contribution in [0.1, 0.15) is 49.8 Å². The molecule has 3 rings (SSSR count). The fourth-order valence-electron chi connectivity index (χ4n) is 4.11. The average molecular weight is 346 g/mol. The van der Waals surface area contributed by atoms with Crippen LogP contribution in [0, 0.1) is 5.92 Å². The van der Waals surface area contributed by atoms with Gasteiger partial charge in [-0.05, 0) is 56.1 Å². The second kappa shape index (κ2) is 8.68. The van der Waals surface area contributed by atoms with Gasteiger partial charge >= 0.3 is 6.03 Å². The molecule has 1 fully saturated rings. The van der Waals surface area contributed by atoms with Crippen LogP contribution in [0.25, 0.3) is 0 Å². The maximum absolute atomic E-state index is 13.0. The second-order valence-electron chi connectivity index (χ2n) is 7.21. The van der Waals surface area contributed by atoms with E-state index in [1.807, 2.05) is 11.0 Å². The molecule has 1 aliphatic heterocycles. The van der Waals surface area contributed by atoms with Gasteiger partial charge in [-0.15, -0.1) is 0 Å². The summed E-state index contributed by atoms with van der Waals surface area (Å²) in [7, 11) is 0. The molecule has 2 N–H and O–H groups in total. The molecule has 0 radical (unpaired) electrons. The number of amides is 2. The van der Waals surface area contributed by atoms with Gasteiger partial charge in [-0.1, -0.05) is 24.3 Å². The van der Waals surface area contributed by atoms with Crippen molar-refractivity contribution in [3.63, 3.8) is 0 Å². The number of aliphatic hydroxyl groups excluding tert-OH is 1. The zero-order valence-corrected chi connectivity index (χ0v) is 15.1. The molecule has 0 bridgehead atoms. The zero-order valence-electron chi connectivity index (χ0n) is 15.1. The lowest BCUT2D eigenvalue weighted by molar-refractivity contribution is 0.0557. The quantitative estimate of drug-likeness (QED) is 0.832. The van der Waals surface area contributed by atoms with Crippen LogP contribution in [-0.4, -0.2) is 48.4 Å². The summed E-state index contributed by atoms with van der Waals surface area (Å²) in [6.45, 7) is 4.36. The molecule has 5 nitrogen and oxygen atoms in total. The molecule has 0 saturated carbocycles. The van der Waals surface area contributed by atoms with Gasteiger partial charge in [-0.3, -0.25) is 0 Å². The van der Waals surface area contributed by atoms with E-state index in [0.29, 0.717) is 18.9 Å². The van der Waals surface area contributed by atoms with Gasteiger partial charge in [0, 0.05) is 32.4 Å². The molecule has 1 saturated heterocycles. The lowest BCUT2D eigenvalue weighted by Gasteiger charge is -2.34. The fraction of sp³-hybridized carbons (Fsp3) is 0.650. The lowest BCUT2D eigenvalue weighted by atomic mass is 9.93. The molecule has 1 aromatic carbocycles. The SMILES string of the molecule is CC(NC(=O)N(CCCO)C1CCc2ccccc21)C1CCOCC1. The summed E-state index contributed by atoms with van der Waals surface area (Å²) in [5.41, 5.74) is 2.60. The molecule has 2 amide bonds. The Hall–Kier alpha value is -1.59. The predicted octanol–water partition coefficient (Wildman–Crippen LogP) is 2.88. The monoisotopic (exact) mass is 346 g/mol. The molecule has 2 unspecified atom stereocenters. The summed E-state index contributed by atoms with van der Waals surface area (Å²) in [6, 6.07) is 8.65. The van der Waals surface area contributed by atoms with Crippen molar-refractivity contribution in [3.05, 3.63) is 35.4 Å². The van der Waals surface area contributed by atoms with Crippen molar-refractivity contribution in [1.29, 1.82) is 0 Å². The van der Waals surface area contributed by atoms with E-state index in [1.54, 1.807) is 0 Å². The van der Waals surface area contributed by atoms with Gasteiger partial charge in [0.2, 0.25) is 0 Å². The van der Waals surface area contributed by atoms with Gasteiger partial charge in [-0.2, -0.15) is 0 Å². The van der Waals surface area contributed by atoms with Crippen molar-refractivity contribution in [2.75, 3.05) is 26.4 Å². The highest BCUT2D eigenvalue weighted by atomic mass is 16.5. The van der Waals surface area contributed by atoms with Crippen molar-refractivity contribution in [1.82, 2.24) is 10.2 Å². The van der Waals surface area contributed by atoms with Crippen molar-refractivity contribution in [2.24, 2.45) is 5.92 Å². The molecule has 2 aliphatic rings. The Kier molecular flexibility index (Phi) is 6.32. The van der Waals surface area contributed by atoms with E-state index in [1.165, 1.54) is 11.1 Å². The maximum Gasteiger partial charge on any atom is 0.318 e. The predicted molar refractivity (Wildman–Crippen MR) is 97.4 cm³/mol. The fourth-order valence-corrected chi connectivity index (χ4v) is 4.11. The highest BCUT2D eigenvalue weighted by Crippen LogP contribution is 2.35. The third-order valence-corrected chi connectivity index (χ3v) is 5.62. The minimum atomic E-state index is -0.00542. The Morgan fingerprint density at radius 2 is 2.08 bits per heavy atom. The Bertz CT molecular complexity index is 572. The summed E-state index contributed by atoms with van der Waals surface area (Å²) < 4.78 is 5.42. The van der Waals surface area contributed by atoms with E-state index in [4.69, 9.17) is 4.74 Å². The topological polar surface area (TPSA) is 61.8 Å². The smallest absolute Gasteiger partial charge is 0.318 e. The Morgan fingerprint density at radius 3 is 2.84 bits per heavy atom. The Balaban J connectivity index is 1.68. The number of carbonyl (C=O) groups excluding carboxylic acids is 1. The van der Waals surface area contributed by atoms with Crippen LogP contribution in [0.5, 0.6) is 0 Å². The van der Waals surface area contributed by atoms with Crippen LogP contribution >= 0.6 is 0 Å². The number of aliphatic hydroxyl groups is 1. The number of carbonyl (C=O) groups is 1. The maximum atomic E-state index is 13.0. The number of rotatable bonds is 6. The van der Waals surface area contributed by atoms with Gasteiger partial charge in [0.05, 0.1) is 6.04 Å². The standard InChI is InChI=1S/C20H30N2O3/c1-15(16-9-13-25-14-10-16)21-20(24)22(11-4-12-23)19-8-7-17-5-2-3-6-18(17)19/h2-3,5-6,15-16,19,23H,4,7-14H2,1H3,(H,21,24). The van der Waals surface area contributed by atoms with Crippen molar-refractivity contribution >= 4 is 6.03 Å². The molecular weight excluding hydrogens is 316 g/mol. The third-order valence-electron chi connectivity index (χ3n) is 5.62. The van der Waals surface area contributed by atoms with Crippen molar-refractivity contribution in [2.45, 2.75) is 51.1 Å². The van der Waals surface area contributed by atoms with Crippen LogP contribution in [0.15, 0.2) is 24.3 Å². The molecule has 5 heteroatoms. The molecule has 2 atom stereocenters. The first kappa shape index (κ1) is 18.2. The summed E-state index contributed by atoms with van der Waals surface area (Å²) in [5.74, 6) is 0.480. The number of aryl methyl sites for hydroxylation is 1. The number of ether oxygens (including phenoxy) is 1. The van der Waals surface area contributed by atoms with Crippen molar-refractivity contribution in [3.8, 4) is 0 Å². The number of fused-ring (bicyclic) bond motifs is 1. The largest absolute Gasteiger partial charge is 0.396 e. The second-order valence-corrected chi connectivity index (χ2v) is 7.21. The molecule has 138 valence electrons. The van der Waals surface area contributed by atoms with E-state index in [0.717, 1.165) is 38.9 Å². The zero-order chi connectivity index (χ0) is 17.6. The van der Waals surface area contributed by atoms with Crippen LogP contribution < -0.4 is 5.32 Å². The molecule has 25 heavy (non-hydrogen) atoms. The summed E-state index contributed by atoms with van der Waals surface area (Å²) >= 11 is 0. The molecule has 0 aromatic heterocycles. The van der Waals surface area contributed by atoms with Gasteiger partial charge in [0.25, 0.3) is 0 Å². The van der Waals surface area contributed by atoms with Gasteiger partial charge in [-0.25, -0.2) is 4.79 Å².